The zero-order valence-electron chi connectivity index (χ0n) is 13.3. The Morgan fingerprint density at radius 3 is 2.72 bits per heavy atom. The standard InChI is InChI=1S/C16H16Cl2N6O/c17-13-2-1-11(9-14(13)18)10-25-12-5-7-23(8-6-12)16-4-3-15-19-21-22-24(15)20-16/h1-4,9,12H,5-8,10H2. The predicted octanol–water partition coefficient (Wildman–Crippen LogP) is 3.01. The van der Waals surface area contributed by atoms with Crippen LogP contribution in [0.5, 0.6) is 0 Å². The molecule has 0 spiro atoms. The van der Waals surface area contributed by atoms with Gasteiger partial charge in [0.2, 0.25) is 0 Å². The summed E-state index contributed by atoms with van der Waals surface area (Å²) in [4.78, 5) is 2.22. The Bertz CT molecular complexity index is 878. The van der Waals surface area contributed by atoms with Crippen LogP contribution in [-0.2, 0) is 11.3 Å². The Balaban J connectivity index is 1.32. The van der Waals surface area contributed by atoms with E-state index in [2.05, 4.69) is 25.5 Å². The SMILES string of the molecule is Clc1ccc(COC2CCN(c3ccc4nnnn4n3)CC2)cc1Cl. The number of fused-ring (bicyclic) bond motifs is 1. The highest BCUT2D eigenvalue weighted by atomic mass is 35.5. The molecule has 1 aromatic carbocycles. The summed E-state index contributed by atoms with van der Waals surface area (Å²) >= 11 is 12.0. The average Bonchev–Trinajstić information content (AvgIpc) is 3.11. The number of nitrogens with zero attached hydrogens (tertiary/aromatic N) is 6. The van der Waals surface area contributed by atoms with Crippen LogP contribution in [0.4, 0.5) is 5.82 Å². The molecule has 7 nitrogen and oxygen atoms in total. The lowest BCUT2D eigenvalue weighted by atomic mass is 10.1. The number of piperidine rings is 1. The van der Waals surface area contributed by atoms with Gasteiger partial charge >= 0.3 is 0 Å². The highest BCUT2D eigenvalue weighted by molar-refractivity contribution is 6.42. The minimum Gasteiger partial charge on any atom is -0.373 e. The summed E-state index contributed by atoms with van der Waals surface area (Å²) in [5.74, 6) is 0.878. The third kappa shape index (κ3) is 3.68. The molecule has 130 valence electrons. The lowest BCUT2D eigenvalue weighted by Gasteiger charge is -2.32. The van der Waals surface area contributed by atoms with Crippen LogP contribution in [0, 0.1) is 0 Å². The number of benzene rings is 1. The van der Waals surface area contributed by atoms with Crippen LogP contribution in [0.25, 0.3) is 5.65 Å². The van der Waals surface area contributed by atoms with E-state index in [1.807, 2.05) is 24.3 Å². The third-order valence-electron chi connectivity index (χ3n) is 4.29. The fourth-order valence-electron chi connectivity index (χ4n) is 2.90. The summed E-state index contributed by atoms with van der Waals surface area (Å²) in [5, 5.41) is 16.9. The molecule has 1 aliphatic heterocycles. The molecule has 1 saturated heterocycles. The molecule has 0 aliphatic carbocycles. The van der Waals surface area contributed by atoms with E-state index in [9.17, 15) is 0 Å². The maximum absolute atomic E-state index is 6.04. The molecule has 1 fully saturated rings. The Morgan fingerprint density at radius 2 is 1.92 bits per heavy atom. The van der Waals surface area contributed by atoms with Gasteiger partial charge in [-0.05, 0) is 53.1 Å². The maximum atomic E-state index is 6.04. The predicted molar refractivity (Wildman–Crippen MR) is 95.1 cm³/mol. The molecule has 0 N–H and O–H groups in total. The monoisotopic (exact) mass is 378 g/mol. The van der Waals surface area contributed by atoms with Crippen LogP contribution >= 0.6 is 23.2 Å². The molecule has 0 bridgehead atoms. The topological polar surface area (TPSA) is 68.4 Å². The van der Waals surface area contributed by atoms with Crippen molar-refractivity contribution in [2.75, 3.05) is 18.0 Å². The Labute approximate surface area is 154 Å². The summed E-state index contributed by atoms with van der Waals surface area (Å²) in [6.07, 6.45) is 2.11. The molecule has 0 radical (unpaired) electrons. The Hall–Kier alpha value is -1.96. The minimum atomic E-state index is 0.225. The molecule has 2 aromatic heterocycles. The van der Waals surface area contributed by atoms with E-state index in [4.69, 9.17) is 27.9 Å². The van der Waals surface area contributed by atoms with Gasteiger partial charge in [-0.25, -0.2) is 0 Å². The van der Waals surface area contributed by atoms with Gasteiger partial charge < -0.3 is 9.64 Å². The zero-order valence-corrected chi connectivity index (χ0v) is 14.9. The number of hydrogen-bond donors (Lipinski definition) is 0. The van der Waals surface area contributed by atoms with E-state index in [1.165, 1.54) is 4.63 Å². The number of aromatic nitrogens is 5. The molecule has 0 unspecified atom stereocenters. The van der Waals surface area contributed by atoms with Crippen molar-refractivity contribution in [3.8, 4) is 0 Å². The molecule has 3 aromatic rings. The van der Waals surface area contributed by atoms with Crippen molar-refractivity contribution < 1.29 is 4.74 Å². The molecular weight excluding hydrogens is 363 g/mol. The van der Waals surface area contributed by atoms with Crippen LogP contribution in [0.1, 0.15) is 18.4 Å². The van der Waals surface area contributed by atoms with Crippen LogP contribution in [0.2, 0.25) is 10.0 Å². The van der Waals surface area contributed by atoms with E-state index in [-0.39, 0.29) is 6.10 Å². The van der Waals surface area contributed by atoms with Gasteiger partial charge in [-0.15, -0.1) is 14.8 Å². The normalized spacial score (nSPS) is 15.8. The van der Waals surface area contributed by atoms with Crippen molar-refractivity contribution in [2.45, 2.75) is 25.6 Å². The first kappa shape index (κ1) is 16.5. The van der Waals surface area contributed by atoms with Crippen LogP contribution in [0.3, 0.4) is 0 Å². The van der Waals surface area contributed by atoms with Gasteiger partial charge in [0.1, 0.15) is 0 Å². The summed E-state index contributed by atoms with van der Waals surface area (Å²) < 4.78 is 7.47. The third-order valence-corrected chi connectivity index (χ3v) is 5.03. The summed E-state index contributed by atoms with van der Waals surface area (Å²) in [6, 6.07) is 9.41. The van der Waals surface area contributed by atoms with E-state index >= 15 is 0 Å². The Morgan fingerprint density at radius 1 is 1.08 bits per heavy atom. The molecule has 4 rings (SSSR count). The van der Waals surface area contributed by atoms with Crippen molar-refractivity contribution in [1.29, 1.82) is 0 Å². The first-order valence-corrected chi connectivity index (χ1v) is 8.80. The van der Waals surface area contributed by atoms with Crippen molar-refractivity contribution in [3.63, 3.8) is 0 Å². The second-order valence-corrected chi connectivity index (χ2v) is 6.78. The molecule has 1 aliphatic rings. The maximum Gasteiger partial charge on any atom is 0.200 e. The number of rotatable bonds is 4. The first-order chi connectivity index (χ1) is 12.2. The molecule has 0 amide bonds. The van der Waals surface area contributed by atoms with E-state index in [0.717, 1.165) is 37.3 Å². The van der Waals surface area contributed by atoms with Gasteiger partial charge in [-0.3, -0.25) is 0 Å². The second-order valence-electron chi connectivity index (χ2n) is 5.96. The molecular formula is C16H16Cl2N6O. The fraction of sp³-hybridized carbons (Fsp3) is 0.375. The largest absolute Gasteiger partial charge is 0.373 e. The molecule has 3 heterocycles. The van der Waals surface area contributed by atoms with E-state index in [1.54, 1.807) is 6.07 Å². The first-order valence-electron chi connectivity index (χ1n) is 8.05. The number of ether oxygens (including phenoxy) is 1. The van der Waals surface area contributed by atoms with Gasteiger partial charge in [0.05, 0.1) is 22.8 Å². The Kier molecular flexibility index (Phi) is 4.70. The van der Waals surface area contributed by atoms with Crippen molar-refractivity contribution in [2.24, 2.45) is 0 Å². The fourth-order valence-corrected chi connectivity index (χ4v) is 3.22. The van der Waals surface area contributed by atoms with Crippen molar-refractivity contribution in [3.05, 3.63) is 45.9 Å². The zero-order chi connectivity index (χ0) is 17.2. The molecule has 0 atom stereocenters. The van der Waals surface area contributed by atoms with Crippen molar-refractivity contribution in [1.82, 2.24) is 25.3 Å². The summed E-state index contributed by atoms with van der Waals surface area (Å²) in [6.45, 7) is 2.30. The average molecular weight is 379 g/mol. The molecule has 0 saturated carbocycles. The van der Waals surface area contributed by atoms with E-state index in [0.29, 0.717) is 22.3 Å². The summed E-state index contributed by atoms with van der Waals surface area (Å²) in [5.41, 5.74) is 1.67. The van der Waals surface area contributed by atoms with Crippen LogP contribution < -0.4 is 4.90 Å². The summed E-state index contributed by atoms with van der Waals surface area (Å²) in [7, 11) is 0. The number of anilines is 1. The van der Waals surface area contributed by atoms with Gasteiger partial charge in [0, 0.05) is 13.1 Å². The van der Waals surface area contributed by atoms with Gasteiger partial charge in [0.25, 0.3) is 0 Å². The number of hydrogen-bond acceptors (Lipinski definition) is 6. The van der Waals surface area contributed by atoms with Gasteiger partial charge in [-0.2, -0.15) is 0 Å². The van der Waals surface area contributed by atoms with Gasteiger partial charge in [0.15, 0.2) is 11.5 Å². The minimum absolute atomic E-state index is 0.225. The lowest BCUT2D eigenvalue weighted by Crippen LogP contribution is -2.37. The van der Waals surface area contributed by atoms with Crippen molar-refractivity contribution >= 4 is 34.7 Å². The van der Waals surface area contributed by atoms with Gasteiger partial charge in [-0.1, -0.05) is 29.3 Å². The quantitative estimate of drug-likeness (QED) is 0.694. The number of tetrazole rings is 1. The van der Waals surface area contributed by atoms with Crippen LogP contribution in [-0.4, -0.2) is 44.4 Å². The van der Waals surface area contributed by atoms with E-state index < -0.39 is 0 Å². The van der Waals surface area contributed by atoms with Crippen LogP contribution in [0.15, 0.2) is 30.3 Å². The lowest BCUT2D eigenvalue weighted by molar-refractivity contribution is 0.0250. The highest BCUT2D eigenvalue weighted by Gasteiger charge is 2.21. The second kappa shape index (κ2) is 7.11. The number of halogens is 2. The highest BCUT2D eigenvalue weighted by Crippen LogP contribution is 2.24. The smallest absolute Gasteiger partial charge is 0.200 e. The molecule has 9 heteroatoms. The molecule has 25 heavy (non-hydrogen) atoms.